The fourth-order valence-electron chi connectivity index (χ4n) is 8.45. The van der Waals surface area contributed by atoms with Crippen molar-refractivity contribution < 1.29 is 77.0 Å². The average Bonchev–Trinajstić information content (AvgIpc) is 3.33. The summed E-state index contributed by atoms with van der Waals surface area (Å²) >= 11 is 138. The van der Waals surface area contributed by atoms with E-state index in [0.717, 1.165) is 19.3 Å². The van der Waals surface area contributed by atoms with Crippen molar-refractivity contribution in [2.75, 3.05) is 79.7 Å². The van der Waals surface area contributed by atoms with Crippen molar-refractivity contribution in [2.45, 2.75) is 124 Å². The lowest BCUT2D eigenvalue weighted by atomic mass is 9.72. The third kappa shape index (κ3) is 33.9. The van der Waals surface area contributed by atoms with Crippen molar-refractivity contribution in [3.05, 3.63) is 0 Å². The highest BCUT2D eigenvalue weighted by molar-refractivity contribution is 6.76. The van der Waals surface area contributed by atoms with Gasteiger partial charge in [-0.25, -0.2) is 9.59 Å². The van der Waals surface area contributed by atoms with E-state index in [4.69, 9.17) is 331 Å². The second-order valence-corrected chi connectivity index (χ2v) is 38.1. The van der Waals surface area contributed by atoms with E-state index in [2.05, 4.69) is 0 Å². The maximum absolute atomic E-state index is 12.8. The number of aliphatic hydroxyl groups is 3. The Labute approximate surface area is 588 Å². The van der Waals surface area contributed by atoms with Gasteiger partial charge in [0, 0.05) is 23.7 Å². The lowest BCUT2D eigenvalue weighted by Crippen LogP contribution is -2.64. The van der Waals surface area contributed by atoms with Gasteiger partial charge in [-0.1, -0.05) is 298 Å². The molecule has 0 heterocycles. The molecular formula is C41H52Cl24O16. The maximum atomic E-state index is 12.8. The molecule has 40 heteroatoms. The number of carbonyl (C=O) groups excluding carboxylic acids is 2. The predicted molar refractivity (Wildman–Crippen MR) is 325 cm³/mol. The van der Waals surface area contributed by atoms with Gasteiger partial charge in [0.1, 0.15) is 38.0 Å². The lowest BCUT2D eigenvalue weighted by Gasteiger charge is -2.51. The number of ether oxygens (including phenoxy) is 11. The van der Waals surface area contributed by atoms with Gasteiger partial charge >= 0.3 is 11.9 Å². The summed E-state index contributed by atoms with van der Waals surface area (Å²) in [5.41, 5.74) is -0.656. The highest BCUT2D eigenvalue weighted by Crippen LogP contribution is 2.45. The monoisotopic (exact) mass is 1640 g/mol. The molecule has 12 unspecified atom stereocenters. The van der Waals surface area contributed by atoms with Crippen LogP contribution in [0.4, 0.5) is 0 Å². The van der Waals surface area contributed by atoms with Crippen LogP contribution in [-0.4, -0.2) is 192 Å². The van der Waals surface area contributed by atoms with E-state index in [9.17, 15) is 24.9 Å². The zero-order chi connectivity index (χ0) is 62.4. The Balaban J connectivity index is 0.000000562. The number of hydrogen-bond donors (Lipinski definition) is 3. The van der Waals surface area contributed by atoms with E-state index >= 15 is 0 Å². The van der Waals surface area contributed by atoms with Crippen molar-refractivity contribution in [1.29, 1.82) is 0 Å². The van der Waals surface area contributed by atoms with Crippen LogP contribution in [0.5, 0.6) is 0 Å². The van der Waals surface area contributed by atoms with Gasteiger partial charge < -0.3 is 67.4 Å². The standard InChI is InChI=1S/C24H32Cl12O8.C17H20Cl12O8/c1-20(5-3-2-4-6-20)44-18-14(8-40-10-22(28,29)30)16(42-12-41-11-23(31,32)33)13(7-39-9-21(25,26)27)17(15(18)37)43-19(38)24(34,35)36;18-14(19,20)3-33-1-7-9(30)10(31)12(37-13(32)17(27,28)29)8(2-34-4-15(21,22)23)11(7)36-6-35-5-16(24,25)26/h13-18,37H,2-12H2,1H3;7-12,30-31H,1-6H2. The minimum absolute atomic E-state index is 0.160. The maximum Gasteiger partial charge on any atom is 0.358 e. The predicted octanol–water partition coefficient (Wildman–Crippen LogP) is 14.2. The van der Waals surface area contributed by atoms with Gasteiger partial charge in [0.2, 0.25) is 22.8 Å². The molecular weight excluding hydrogens is 1600 g/mol. The van der Waals surface area contributed by atoms with E-state index in [-0.39, 0.29) is 59.5 Å². The van der Waals surface area contributed by atoms with Crippen LogP contribution in [0.15, 0.2) is 0 Å². The highest BCUT2D eigenvalue weighted by atomic mass is 35.6. The Morgan fingerprint density at radius 2 is 0.667 bits per heavy atom. The zero-order valence-corrected chi connectivity index (χ0v) is 59.3. The summed E-state index contributed by atoms with van der Waals surface area (Å²) < 4.78 is 46.6. The van der Waals surface area contributed by atoms with Crippen LogP contribution in [0.1, 0.15) is 39.0 Å². The van der Waals surface area contributed by atoms with E-state index < -0.39 is 141 Å². The Morgan fingerprint density at radius 1 is 0.383 bits per heavy atom. The Kier molecular flexibility index (Phi) is 37.0. The first-order chi connectivity index (χ1) is 36.6. The largest absolute Gasteiger partial charge is 0.456 e. The van der Waals surface area contributed by atoms with E-state index in [1.807, 2.05) is 6.92 Å². The normalized spacial score (nSPS) is 28.2. The molecule has 3 N–H and O–H groups in total. The smallest absolute Gasteiger partial charge is 0.358 e. The summed E-state index contributed by atoms with van der Waals surface area (Å²) in [6, 6.07) is 0. The number of carbonyl (C=O) groups is 2. The van der Waals surface area contributed by atoms with Gasteiger partial charge in [-0.15, -0.1) is 0 Å². The molecule has 3 aliphatic rings. The van der Waals surface area contributed by atoms with E-state index in [1.165, 1.54) is 0 Å². The summed E-state index contributed by atoms with van der Waals surface area (Å²) in [7, 11) is 0. The van der Waals surface area contributed by atoms with Crippen LogP contribution < -0.4 is 0 Å². The molecule has 12 atom stereocenters. The quantitative estimate of drug-likeness (QED) is 0.0357. The van der Waals surface area contributed by atoms with Crippen LogP contribution in [0, 0.1) is 23.7 Å². The molecule has 480 valence electrons. The topological polar surface area (TPSA) is 196 Å². The molecule has 0 aliphatic heterocycles. The number of rotatable bonds is 24. The van der Waals surface area contributed by atoms with Crippen molar-refractivity contribution in [3.8, 4) is 0 Å². The Morgan fingerprint density at radius 3 is 0.988 bits per heavy atom. The molecule has 0 bridgehead atoms. The molecule has 0 aromatic rings. The number of esters is 2. The minimum atomic E-state index is -2.51. The fourth-order valence-corrected chi connectivity index (χ4v) is 10.1. The van der Waals surface area contributed by atoms with Gasteiger partial charge in [0.05, 0.1) is 96.1 Å². The summed E-state index contributed by atoms with van der Waals surface area (Å²) in [6.07, 6.45) is -6.89. The third-order valence-corrected chi connectivity index (χ3v) is 14.4. The SMILES string of the molecule is CC1(OC2C(O)C(OC(=O)C(Cl)(Cl)Cl)C(COCC(Cl)(Cl)Cl)C(OCOCC(Cl)(Cl)Cl)C2COCC(Cl)(Cl)Cl)CCCCC1.O=C(OC1C(O)C(O)C(COCC(Cl)(Cl)Cl)C(OCOCC(Cl)(Cl)Cl)C1COCC(Cl)(Cl)Cl)C(Cl)(Cl)Cl. The molecule has 0 aromatic heterocycles. The molecule has 0 saturated heterocycles. The molecule has 3 saturated carbocycles. The number of halogens is 24. The van der Waals surface area contributed by atoms with Gasteiger partial charge in [-0.3, -0.25) is 0 Å². The molecule has 3 fully saturated rings. The summed E-state index contributed by atoms with van der Waals surface area (Å²) in [5.74, 6) is -6.56. The molecule has 81 heavy (non-hydrogen) atoms. The number of aliphatic hydroxyl groups excluding tert-OH is 3. The first-order valence-corrected chi connectivity index (χ1v) is 32.1. The Hall–Kier alpha value is 5.42. The first kappa shape index (κ1) is 82.5. The first-order valence-electron chi connectivity index (χ1n) is 23.0. The van der Waals surface area contributed by atoms with Gasteiger partial charge in [0.25, 0.3) is 7.59 Å². The van der Waals surface area contributed by atoms with Crippen molar-refractivity contribution in [3.63, 3.8) is 0 Å². The highest BCUT2D eigenvalue weighted by Gasteiger charge is 2.57. The average molecular weight is 1650 g/mol. The van der Waals surface area contributed by atoms with E-state index in [1.54, 1.807) is 0 Å². The number of alkyl halides is 24. The Bertz CT molecular complexity index is 1850. The van der Waals surface area contributed by atoms with Crippen molar-refractivity contribution in [1.82, 2.24) is 0 Å². The molecule has 0 aromatic carbocycles. The van der Waals surface area contributed by atoms with Crippen LogP contribution in [0.25, 0.3) is 0 Å². The molecule has 0 radical (unpaired) electrons. The van der Waals surface area contributed by atoms with Gasteiger partial charge in [-0.05, 0) is 19.8 Å². The van der Waals surface area contributed by atoms with Crippen molar-refractivity contribution in [2.24, 2.45) is 23.7 Å². The zero-order valence-electron chi connectivity index (χ0n) is 41.2. The van der Waals surface area contributed by atoms with Gasteiger partial charge in [-0.2, -0.15) is 0 Å². The molecule has 0 spiro atoms. The third-order valence-electron chi connectivity index (χ3n) is 11.6. The van der Waals surface area contributed by atoms with Crippen molar-refractivity contribution >= 4 is 290 Å². The summed E-state index contributed by atoms with van der Waals surface area (Å²) in [5, 5.41) is 33.5. The summed E-state index contributed by atoms with van der Waals surface area (Å²) in [6.45, 7) is -2.30. The minimum Gasteiger partial charge on any atom is -0.456 e. The molecule has 0 amide bonds. The molecule has 3 rings (SSSR count). The van der Waals surface area contributed by atoms with Crippen LogP contribution in [-0.2, 0) is 61.7 Å². The van der Waals surface area contributed by atoms with E-state index in [0.29, 0.717) is 12.8 Å². The molecule has 16 nitrogen and oxygen atoms in total. The second kappa shape index (κ2) is 36.3. The fraction of sp³-hybridized carbons (Fsp3) is 0.951. The number of hydrogen-bond acceptors (Lipinski definition) is 16. The molecule has 3 aliphatic carbocycles. The summed E-state index contributed by atoms with van der Waals surface area (Å²) in [4.78, 5) is 25.1. The van der Waals surface area contributed by atoms with Crippen LogP contribution in [0.3, 0.4) is 0 Å². The van der Waals surface area contributed by atoms with Crippen LogP contribution >= 0.6 is 278 Å². The van der Waals surface area contributed by atoms with Crippen LogP contribution in [0.2, 0.25) is 0 Å². The lowest BCUT2D eigenvalue weighted by molar-refractivity contribution is -0.268. The van der Waals surface area contributed by atoms with Gasteiger partial charge in [0.15, 0.2) is 0 Å². The second-order valence-electron chi connectivity index (χ2n) is 18.4.